The van der Waals surface area contributed by atoms with Crippen LogP contribution in [0.4, 0.5) is 23.7 Å². The van der Waals surface area contributed by atoms with Crippen LogP contribution in [-0.4, -0.2) is 27.5 Å². The van der Waals surface area contributed by atoms with Crippen molar-refractivity contribution >= 4 is 27.6 Å². The molecule has 0 aromatic heterocycles. The second-order valence-electron chi connectivity index (χ2n) is 6.58. The van der Waals surface area contributed by atoms with E-state index in [9.17, 15) is 31.2 Å². The molecular weight excluding hydrogens is 427 g/mol. The van der Waals surface area contributed by atoms with Gasteiger partial charge in [0, 0.05) is 11.3 Å². The fourth-order valence-corrected chi connectivity index (χ4v) is 4.03. The molecule has 1 heterocycles. The van der Waals surface area contributed by atoms with Crippen LogP contribution in [-0.2, 0) is 26.5 Å². The Balaban J connectivity index is 2.02. The van der Waals surface area contributed by atoms with Crippen LogP contribution in [0.5, 0.6) is 5.75 Å². The van der Waals surface area contributed by atoms with Gasteiger partial charge >= 0.3 is 12.2 Å². The van der Waals surface area contributed by atoms with Crippen molar-refractivity contribution in [2.24, 2.45) is 0 Å². The topological polar surface area (TPSA) is 114 Å². The summed E-state index contributed by atoms with van der Waals surface area (Å²) in [7, 11) is -3.03. The van der Waals surface area contributed by atoms with Crippen LogP contribution in [0.15, 0.2) is 47.4 Å². The Hall–Kier alpha value is -3.28. The standard InChI is InChI=1S/C18H16F3N3O5S/c1-17(15(25)22-16(26)23-17)13-9-12(6-7-14(13)29-2)30(27,28)24-11-5-3-4-10(8-11)18(19,20)21/h3-9,24H,1-2H3,(H2,22,23,25,26). The molecule has 3 rings (SSSR count). The molecule has 30 heavy (non-hydrogen) atoms. The van der Waals surface area contributed by atoms with Crippen molar-refractivity contribution < 1.29 is 35.9 Å². The second kappa shape index (κ2) is 7.20. The molecule has 3 amide bonds. The van der Waals surface area contributed by atoms with E-state index in [2.05, 4.69) is 15.4 Å². The van der Waals surface area contributed by atoms with Gasteiger partial charge < -0.3 is 10.1 Å². The maximum absolute atomic E-state index is 12.9. The number of anilines is 1. The number of carbonyl (C=O) groups excluding carboxylic acids is 2. The lowest BCUT2D eigenvalue weighted by Crippen LogP contribution is -2.41. The van der Waals surface area contributed by atoms with Gasteiger partial charge in [0.25, 0.3) is 15.9 Å². The summed E-state index contributed by atoms with van der Waals surface area (Å²) in [4.78, 5) is 23.5. The van der Waals surface area contributed by atoms with Gasteiger partial charge in [0.2, 0.25) is 0 Å². The highest BCUT2D eigenvalue weighted by molar-refractivity contribution is 7.92. The summed E-state index contributed by atoms with van der Waals surface area (Å²) in [5, 5.41) is 4.46. The quantitative estimate of drug-likeness (QED) is 0.615. The van der Waals surface area contributed by atoms with Crippen molar-refractivity contribution in [2.75, 3.05) is 11.8 Å². The number of rotatable bonds is 5. The summed E-state index contributed by atoms with van der Waals surface area (Å²) in [5.74, 6) is -0.584. The van der Waals surface area contributed by atoms with E-state index >= 15 is 0 Å². The zero-order chi connectivity index (χ0) is 22.3. The van der Waals surface area contributed by atoms with E-state index in [1.807, 2.05) is 0 Å². The third kappa shape index (κ3) is 3.90. The first-order chi connectivity index (χ1) is 13.9. The lowest BCUT2D eigenvalue weighted by molar-refractivity contribution is -0.137. The number of hydrogen-bond donors (Lipinski definition) is 3. The van der Waals surface area contributed by atoms with Crippen molar-refractivity contribution in [3.8, 4) is 5.75 Å². The fourth-order valence-electron chi connectivity index (χ4n) is 2.95. The van der Waals surface area contributed by atoms with Gasteiger partial charge in [0.05, 0.1) is 17.6 Å². The predicted octanol–water partition coefficient (Wildman–Crippen LogP) is 2.57. The first-order valence-electron chi connectivity index (χ1n) is 8.39. The van der Waals surface area contributed by atoms with Gasteiger partial charge in [-0.1, -0.05) is 6.07 Å². The molecule has 1 unspecified atom stereocenters. The number of amides is 3. The molecule has 1 saturated heterocycles. The first-order valence-corrected chi connectivity index (χ1v) is 9.87. The molecule has 0 radical (unpaired) electrons. The first kappa shape index (κ1) is 21.4. The highest BCUT2D eigenvalue weighted by atomic mass is 32.2. The smallest absolute Gasteiger partial charge is 0.416 e. The van der Waals surface area contributed by atoms with Gasteiger partial charge in [-0.15, -0.1) is 0 Å². The summed E-state index contributed by atoms with van der Waals surface area (Å²) in [6.07, 6.45) is -4.64. The minimum atomic E-state index is -4.64. The number of hydrogen-bond acceptors (Lipinski definition) is 5. The van der Waals surface area contributed by atoms with Crippen LogP contribution in [0.1, 0.15) is 18.1 Å². The van der Waals surface area contributed by atoms with E-state index in [-0.39, 0.29) is 21.9 Å². The SMILES string of the molecule is COc1ccc(S(=O)(=O)Nc2cccc(C(F)(F)F)c2)cc1C1(C)NC(=O)NC1=O. The Bertz CT molecular complexity index is 1130. The molecule has 0 aliphatic carbocycles. The summed E-state index contributed by atoms with van der Waals surface area (Å²) in [5.41, 5.74) is -2.86. The predicted molar refractivity (Wildman–Crippen MR) is 99.3 cm³/mol. The zero-order valence-corrected chi connectivity index (χ0v) is 16.4. The lowest BCUT2D eigenvalue weighted by Gasteiger charge is -2.24. The monoisotopic (exact) mass is 443 g/mol. The maximum Gasteiger partial charge on any atom is 0.416 e. The van der Waals surface area contributed by atoms with Crippen LogP contribution < -0.4 is 20.1 Å². The zero-order valence-electron chi connectivity index (χ0n) is 15.6. The van der Waals surface area contributed by atoms with Crippen LogP contribution in [0.3, 0.4) is 0 Å². The van der Waals surface area contributed by atoms with Crippen LogP contribution in [0.25, 0.3) is 0 Å². The summed E-state index contributed by atoms with van der Waals surface area (Å²) < 4.78 is 71.4. The minimum absolute atomic E-state index is 0.0558. The summed E-state index contributed by atoms with van der Waals surface area (Å²) >= 11 is 0. The Morgan fingerprint density at radius 2 is 1.80 bits per heavy atom. The average Bonchev–Trinajstić information content (AvgIpc) is 2.93. The fraction of sp³-hybridized carbons (Fsp3) is 0.222. The number of urea groups is 1. The largest absolute Gasteiger partial charge is 0.496 e. The van der Waals surface area contributed by atoms with Gasteiger partial charge in [0.15, 0.2) is 0 Å². The number of ether oxygens (including phenoxy) is 1. The molecule has 8 nitrogen and oxygen atoms in total. The third-order valence-corrected chi connectivity index (χ3v) is 5.89. The lowest BCUT2D eigenvalue weighted by atomic mass is 9.91. The molecule has 1 atom stereocenters. The van der Waals surface area contributed by atoms with E-state index in [0.717, 1.165) is 24.3 Å². The Morgan fingerprint density at radius 3 is 2.37 bits per heavy atom. The highest BCUT2D eigenvalue weighted by Gasteiger charge is 2.45. The van der Waals surface area contributed by atoms with Gasteiger partial charge in [-0.3, -0.25) is 14.8 Å². The van der Waals surface area contributed by atoms with Crippen molar-refractivity contribution in [2.45, 2.75) is 23.5 Å². The number of alkyl halides is 3. The van der Waals surface area contributed by atoms with Crippen LogP contribution in [0.2, 0.25) is 0 Å². The van der Waals surface area contributed by atoms with Gasteiger partial charge in [-0.05, 0) is 43.3 Å². The Kier molecular flexibility index (Phi) is 5.14. The van der Waals surface area contributed by atoms with Gasteiger partial charge in [-0.25, -0.2) is 13.2 Å². The molecule has 160 valence electrons. The molecule has 1 aliphatic heterocycles. The van der Waals surface area contributed by atoms with E-state index in [1.54, 1.807) is 0 Å². The van der Waals surface area contributed by atoms with Crippen molar-refractivity contribution in [1.29, 1.82) is 0 Å². The van der Waals surface area contributed by atoms with Crippen molar-refractivity contribution in [3.05, 3.63) is 53.6 Å². The second-order valence-corrected chi connectivity index (χ2v) is 8.26. The molecule has 2 aromatic rings. The van der Waals surface area contributed by atoms with E-state index in [0.29, 0.717) is 6.07 Å². The molecular formula is C18H16F3N3O5S. The molecule has 3 N–H and O–H groups in total. The maximum atomic E-state index is 12.9. The number of imide groups is 1. The molecule has 1 fully saturated rings. The van der Waals surface area contributed by atoms with Crippen molar-refractivity contribution in [3.63, 3.8) is 0 Å². The molecule has 0 saturated carbocycles. The number of methoxy groups -OCH3 is 1. The molecule has 2 aromatic carbocycles. The number of benzene rings is 2. The molecule has 1 aliphatic rings. The average molecular weight is 443 g/mol. The molecule has 0 bridgehead atoms. The Labute approximate surface area is 169 Å². The summed E-state index contributed by atoms with van der Waals surface area (Å²) in [6.45, 7) is 1.36. The van der Waals surface area contributed by atoms with E-state index in [4.69, 9.17) is 4.74 Å². The number of halogens is 3. The van der Waals surface area contributed by atoms with Gasteiger partial charge in [-0.2, -0.15) is 13.2 Å². The van der Waals surface area contributed by atoms with Crippen LogP contribution in [0, 0.1) is 0 Å². The molecule has 0 spiro atoms. The highest BCUT2D eigenvalue weighted by Crippen LogP contribution is 2.35. The van der Waals surface area contributed by atoms with Gasteiger partial charge in [0.1, 0.15) is 11.3 Å². The number of nitrogens with one attached hydrogen (secondary N) is 3. The number of sulfonamides is 1. The summed E-state index contributed by atoms with van der Waals surface area (Å²) in [6, 6.07) is 6.50. The Morgan fingerprint density at radius 1 is 1.10 bits per heavy atom. The van der Waals surface area contributed by atoms with Crippen molar-refractivity contribution in [1.82, 2.24) is 10.6 Å². The normalized spacial score (nSPS) is 19.2. The number of carbonyl (C=O) groups is 2. The van der Waals surface area contributed by atoms with E-state index < -0.39 is 39.2 Å². The third-order valence-electron chi connectivity index (χ3n) is 4.51. The molecule has 12 heteroatoms. The van der Waals surface area contributed by atoms with Crippen LogP contribution >= 0.6 is 0 Å². The minimum Gasteiger partial charge on any atom is -0.496 e. The van der Waals surface area contributed by atoms with E-state index in [1.165, 1.54) is 26.2 Å².